The monoisotopic (exact) mass is 431 g/mol. The molecule has 1 atom stereocenters. The van der Waals surface area contributed by atoms with E-state index in [2.05, 4.69) is 14.9 Å². The highest BCUT2D eigenvalue weighted by atomic mass is 32.2. The van der Waals surface area contributed by atoms with Gasteiger partial charge in [0.2, 0.25) is 0 Å². The summed E-state index contributed by atoms with van der Waals surface area (Å²) in [6.07, 6.45) is 0.683. The third kappa shape index (κ3) is 3.72. The zero-order chi connectivity index (χ0) is 21.3. The Kier molecular flexibility index (Phi) is 5.87. The molecule has 160 valence electrons. The summed E-state index contributed by atoms with van der Waals surface area (Å²) in [6, 6.07) is 6.71. The summed E-state index contributed by atoms with van der Waals surface area (Å²) >= 11 is 1.13. The molecule has 9 nitrogen and oxygen atoms in total. The van der Waals surface area contributed by atoms with Gasteiger partial charge in [-0.2, -0.15) is 0 Å². The van der Waals surface area contributed by atoms with Gasteiger partial charge in [-0.05, 0) is 42.6 Å². The highest BCUT2D eigenvalue weighted by Crippen LogP contribution is 2.32. The van der Waals surface area contributed by atoms with Crippen molar-refractivity contribution in [3.8, 4) is 5.75 Å². The molecule has 0 spiro atoms. The number of hydrogen-bond acceptors (Lipinski definition) is 7. The van der Waals surface area contributed by atoms with Crippen LogP contribution in [0.5, 0.6) is 5.75 Å². The van der Waals surface area contributed by atoms with Crippen LogP contribution in [-0.2, 0) is 9.59 Å². The number of methoxy groups -OCH3 is 1. The van der Waals surface area contributed by atoms with E-state index in [1.165, 1.54) is 4.90 Å². The number of carbonyl (C=O) groups excluding carboxylic acids is 3. The van der Waals surface area contributed by atoms with Gasteiger partial charge < -0.3 is 19.9 Å². The Morgan fingerprint density at radius 1 is 1.17 bits per heavy atom. The number of ether oxygens (including phenoxy) is 1. The average Bonchev–Trinajstić information content (AvgIpc) is 3.20. The van der Waals surface area contributed by atoms with E-state index >= 15 is 0 Å². The van der Waals surface area contributed by atoms with Gasteiger partial charge in [-0.3, -0.25) is 14.5 Å². The molecule has 0 aromatic heterocycles. The summed E-state index contributed by atoms with van der Waals surface area (Å²) in [5.41, 5.74) is 1.47. The summed E-state index contributed by atoms with van der Waals surface area (Å²) in [7, 11) is 1.64. The fourth-order valence-corrected chi connectivity index (χ4v) is 4.75. The minimum Gasteiger partial charge on any atom is -0.497 e. The van der Waals surface area contributed by atoms with Crippen LogP contribution in [0.4, 0.5) is 10.5 Å². The van der Waals surface area contributed by atoms with Crippen molar-refractivity contribution in [1.29, 1.82) is 0 Å². The Morgan fingerprint density at radius 2 is 1.87 bits per heavy atom. The van der Waals surface area contributed by atoms with Crippen molar-refractivity contribution in [2.45, 2.75) is 19.4 Å². The molecular formula is C20H25N5O4S. The van der Waals surface area contributed by atoms with E-state index in [0.717, 1.165) is 23.4 Å². The van der Waals surface area contributed by atoms with Gasteiger partial charge in [-0.25, -0.2) is 9.52 Å². The number of urea groups is 1. The van der Waals surface area contributed by atoms with Crippen molar-refractivity contribution in [3.63, 3.8) is 0 Å². The number of fused-ring (bicyclic) bond motifs is 1. The van der Waals surface area contributed by atoms with Gasteiger partial charge in [-0.1, -0.05) is 6.92 Å². The Bertz CT molecular complexity index is 880. The molecule has 0 radical (unpaired) electrons. The molecule has 0 saturated carbocycles. The topological polar surface area (TPSA) is 94.2 Å². The zero-order valence-electron chi connectivity index (χ0n) is 17.0. The van der Waals surface area contributed by atoms with E-state index in [-0.39, 0.29) is 11.8 Å². The summed E-state index contributed by atoms with van der Waals surface area (Å²) < 4.78 is 8.20. The lowest BCUT2D eigenvalue weighted by atomic mass is 10.1. The quantitative estimate of drug-likeness (QED) is 0.675. The Morgan fingerprint density at radius 3 is 2.50 bits per heavy atom. The first-order valence-corrected chi connectivity index (χ1v) is 10.8. The van der Waals surface area contributed by atoms with E-state index in [9.17, 15) is 14.4 Å². The lowest BCUT2D eigenvalue weighted by Crippen LogP contribution is -2.58. The van der Waals surface area contributed by atoms with Crippen molar-refractivity contribution in [3.05, 3.63) is 34.9 Å². The molecule has 2 saturated heterocycles. The molecule has 1 unspecified atom stereocenters. The lowest BCUT2D eigenvalue weighted by molar-refractivity contribution is -0.130. The highest BCUT2D eigenvalue weighted by molar-refractivity contribution is 8.02. The van der Waals surface area contributed by atoms with Crippen molar-refractivity contribution in [2.24, 2.45) is 0 Å². The number of piperazine rings is 1. The maximum Gasteiger partial charge on any atom is 0.328 e. The molecule has 10 heteroatoms. The Hall–Kier alpha value is -2.72. The second-order valence-electron chi connectivity index (χ2n) is 7.29. The second-order valence-corrected chi connectivity index (χ2v) is 8.14. The third-order valence-corrected chi connectivity index (χ3v) is 6.41. The zero-order valence-corrected chi connectivity index (χ0v) is 17.8. The first-order valence-electron chi connectivity index (χ1n) is 10.0. The van der Waals surface area contributed by atoms with Crippen LogP contribution in [0.2, 0.25) is 0 Å². The molecule has 1 aromatic rings. The summed E-state index contributed by atoms with van der Waals surface area (Å²) in [5.74, 6) is 0.342. The molecule has 3 aliphatic heterocycles. The molecule has 4 amide bonds. The van der Waals surface area contributed by atoms with Crippen LogP contribution in [0.15, 0.2) is 34.9 Å². The van der Waals surface area contributed by atoms with Gasteiger partial charge in [0.05, 0.1) is 12.8 Å². The van der Waals surface area contributed by atoms with Gasteiger partial charge in [0.1, 0.15) is 16.7 Å². The Balaban J connectivity index is 1.42. The number of nitrogens with one attached hydrogen (secondary N) is 2. The molecule has 0 bridgehead atoms. The highest BCUT2D eigenvalue weighted by Gasteiger charge is 2.44. The van der Waals surface area contributed by atoms with Crippen LogP contribution in [0, 0.1) is 0 Å². The number of carbonyl (C=O) groups is 3. The van der Waals surface area contributed by atoms with E-state index in [4.69, 9.17) is 4.74 Å². The summed E-state index contributed by atoms with van der Waals surface area (Å²) in [6.45, 7) is 4.81. The minimum absolute atomic E-state index is 0.156. The molecule has 3 aliphatic rings. The van der Waals surface area contributed by atoms with E-state index in [1.54, 1.807) is 12.0 Å². The molecule has 3 heterocycles. The van der Waals surface area contributed by atoms with Crippen molar-refractivity contribution < 1.29 is 19.1 Å². The Labute approximate surface area is 179 Å². The molecule has 1 aromatic carbocycles. The van der Waals surface area contributed by atoms with Gasteiger partial charge >= 0.3 is 6.03 Å². The van der Waals surface area contributed by atoms with Gasteiger partial charge in [0.15, 0.2) is 0 Å². The van der Waals surface area contributed by atoms with E-state index in [0.29, 0.717) is 49.7 Å². The fourth-order valence-electron chi connectivity index (χ4n) is 3.80. The maximum atomic E-state index is 13.1. The number of rotatable bonds is 5. The van der Waals surface area contributed by atoms with Crippen molar-refractivity contribution in [2.75, 3.05) is 44.7 Å². The van der Waals surface area contributed by atoms with E-state index in [1.807, 2.05) is 31.2 Å². The third-order valence-electron chi connectivity index (χ3n) is 5.46. The minimum atomic E-state index is -0.682. The van der Waals surface area contributed by atoms with Gasteiger partial charge in [0.25, 0.3) is 11.8 Å². The van der Waals surface area contributed by atoms with Crippen LogP contribution in [0.25, 0.3) is 0 Å². The number of amides is 4. The van der Waals surface area contributed by atoms with Gasteiger partial charge in [-0.15, -0.1) is 0 Å². The lowest BCUT2D eigenvalue weighted by Gasteiger charge is -2.36. The number of nitrogens with zero attached hydrogens (tertiary/aromatic N) is 3. The van der Waals surface area contributed by atoms with Gasteiger partial charge in [0, 0.05) is 38.4 Å². The molecule has 2 fully saturated rings. The molecule has 0 aliphatic carbocycles. The molecule has 2 N–H and O–H groups in total. The number of hydrogen-bond donors (Lipinski definition) is 2. The second kappa shape index (κ2) is 8.57. The van der Waals surface area contributed by atoms with Crippen molar-refractivity contribution >= 4 is 35.5 Å². The molecular weight excluding hydrogens is 406 g/mol. The number of anilines is 1. The van der Waals surface area contributed by atoms with Crippen LogP contribution in [0.1, 0.15) is 13.3 Å². The van der Waals surface area contributed by atoms with Crippen LogP contribution in [-0.4, -0.2) is 73.5 Å². The average molecular weight is 432 g/mol. The number of benzene rings is 1. The fraction of sp³-hybridized carbons (Fsp3) is 0.450. The summed E-state index contributed by atoms with van der Waals surface area (Å²) in [4.78, 5) is 43.6. The summed E-state index contributed by atoms with van der Waals surface area (Å²) in [5, 5.41) is 2.75. The van der Waals surface area contributed by atoms with E-state index < -0.39 is 12.1 Å². The van der Waals surface area contributed by atoms with Crippen LogP contribution < -0.4 is 19.7 Å². The molecule has 4 rings (SSSR count). The normalized spacial score (nSPS) is 21.7. The first kappa shape index (κ1) is 20.5. The first-order chi connectivity index (χ1) is 14.5. The maximum absolute atomic E-state index is 13.1. The predicted octanol–water partition coefficient (Wildman–Crippen LogP) is 1.14. The van der Waals surface area contributed by atoms with Crippen molar-refractivity contribution in [1.82, 2.24) is 19.8 Å². The molecule has 30 heavy (non-hydrogen) atoms. The van der Waals surface area contributed by atoms with Crippen LogP contribution in [0.3, 0.4) is 0 Å². The van der Waals surface area contributed by atoms with Crippen LogP contribution >= 0.6 is 11.9 Å². The smallest absolute Gasteiger partial charge is 0.328 e. The largest absolute Gasteiger partial charge is 0.497 e. The number of imide groups is 1. The standard InChI is InChI=1S/C20H25N5O4S/c1-3-8-25-18(26)16-15(21-20(25)28)17(30-22-16)19(27)24-11-9-23(10-12-24)13-4-6-14(29-2)7-5-13/h4-7,16,22H,3,8-12H2,1-2H3,(H,21,28). The SMILES string of the molecule is CCCN1C(=O)NC2=C(C(=O)N3CCN(c4ccc(OC)cc4)CC3)SNC2C1=O. The predicted molar refractivity (Wildman–Crippen MR) is 114 cm³/mol.